The predicted molar refractivity (Wildman–Crippen MR) is 111 cm³/mol. The smallest absolute Gasteiger partial charge is 0.191 e. The molecule has 5 nitrogen and oxygen atoms in total. The third-order valence-corrected chi connectivity index (χ3v) is 7.12. The Bertz CT molecular complexity index is 553. The van der Waals surface area contributed by atoms with Crippen molar-refractivity contribution in [1.29, 1.82) is 0 Å². The largest absolute Gasteiger partial charge is 0.356 e. The fraction of sp³-hybridized carbons (Fsp3) is 0.778. The predicted octanol–water partition coefficient (Wildman–Crippen LogP) is 3.13. The molecular formula is C18H31N5S2. The molecule has 3 rings (SSSR count). The average Bonchev–Trinajstić information content (AvgIpc) is 3.36. The molecule has 2 fully saturated rings. The molecule has 2 heterocycles. The second kappa shape index (κ2) is 9.67. The lowest BCUT2D eigenvalue weighted by Gasteiger charge is -2.17. The minimum atomic E-state index is 0.566. The first kappa shape index (κ1) is 18.8. The van der Waals surface area contributed by atoms with Gasteiger partial charge in [0.1, 0.15) is 0 Å². The molecule has 1 saturated heterocycles. The van der Waals surface area contributed by atoms with Crippen LogP contribution in [0.4, 0.5) is 5.13 Å². The van der Waals surface area contributed by atoms with Crippen molar-refractivity contribution in [1.82, 2.24) is 15.6 Å². The van der Waals surface area contributed by atoms with Gasteiger partial charge >= 0.3 is 0 Å². The zero-order chi connectivity index (χ0) is 17.5. The summed E-state index contributed by atoms with van der Waals surface area (Å²) in [4.78, 5) is 11.6. The van der Waals surface area contributed by atoms with E-state index in [-0.39, 0.29) is 0 Å². The summed E-state index contributed by atoms with van der Waals surface area (Å²) in [5, 5.41) is 11.3. The number of aliphatic imine (C=N–C) groups is 1. The quantitative estimate of drug-likeness (QED) is 0.561. The van der Waals surface area contributed by atoms with E-state index in [1.165, 1.54) is 61.8 Å². The second-order valence-electron chi connectivity index (χ2n) is 6.80. The van der Waals surface area contributed by atoms with Gasteiger partial charge in [0, 0.05) is 49.8 Å². The topological polar surface area (TPSA) is 52.6 Å². The van der Waals surface area contributed by atoms with E-state index in [0.29, 0.717) is 6.04 Å². The monoisotopic (exact) mass is 381 g/mol. The van der Waals surface area contributed by atoms with Crippen LogP contribution in [-0.2, 0) is 6.42 Å². The van der Waals surface area contributed by atoms with Crippen LogP contribution in [0.25, 0.3) is 0 Å². The van der Waals surface area contributed by atoms with Crippen molar-refractivity contribution >= 4 is 34.2 Å². The van der Waals surface area contributed by atoms with Gasteiger partial charge in [0.2, 0.25) is 0 Å². The molecule has 1 saturated carbocycles. The van der Waals surface area contributed by atoms with Gasteiger partial charge in [0.25, 0.3) is 0 Å². The number of nitrogens with zero attached hydrogens (tertiary/aromatic N) is 3. The number of hydrogen-bond donors (Lipinski definition) is 2. The fourth-order valence-electron chi connectivity index (χ4n) is 3.62. The van der Waals surface area contributed by atoms with Gasteiger partial charge in [-0.05, 0) is 37.9 Å². The Morgan fingerprint density at radius 1 is 1.40 bits per heavy atom. The summed E-state index contributed by atoms with van der Waals surface area (Å²) in [6, 6.07) is 0.566. The van der Waals surface area contributed by atoms with Gasteiger partial charge in [0.15, 0.2) is 11.1 Å². The second-order valence-corrected chi connectivity index (χ2v) is 9.21. The maximum absolute atomic E-state index is 4.79. The SMILES string of the molecule is CCSC1CCC(NC(=NC)NCCc2csc(N3CCCC3)n2)C1. The van der Waals surface area contributed by atoms with Gasteiger partial charge in [-0.3, -0.25) is 4.99 Å². The first-order chi connectivity index (χ1) is 12.3. The molecule has 140 valence electrons. The number of anilines is 1. The lowest BCUT2D eigenvalue weighted by Crippen LogP contribution is -2.43. The van der Waals surface area contributed by atoms with E-state index in [1.54, 1.807) is 11.3 Å². The van der Waals surface area contributed by atoms with Gasteiger partial charge in [0.05, 0.1) is 5.69 Å². The van der Waals surface area contributed by atoms with E-state index in [4.69, 9.17) is 4.98 Å². The molecule has 2 N–H and O–H groups in total. The Hall–Kier alpha value is -0.950. The molecule has 0 amide bonds. The molecule has 0 spiro atoms. The average molecular weight is 382 g/mol. The summed E-state index contributed by atoms with van der Waals surface area (Å²) in [5.41, 5.74) is 1.19. The molecular weight excluding hydrogens is 350 g/mol. The van der Waals surface area contributed by atoms with Crippen LogP contribution in [0.5, 0.6) is 0 Å². The Balaban J connectivity index is 1.38. The summed E-state index contributed by atoms with van der Waals surface area (Å²) in [6.45, 7) is 5.46. The Kier molecular flexibility index (Phi) is 7.28. The van der Waals surface area contributed by atoms with E-state index in [0.717, 1.165) is 24.2 Å². The maximum Gasteiger partial charge on any atom is 0.191 e. The zero-order valence-corrected chi connectivity index (χ0v) is 17.1. The van der Waals surface area contributed by atoms with Gasteiger partial charge in [-0.15, -0.1) is 11.3 Å². The van der Waals surface area contributed by atoms with E-state index in [1.807, 2.05) is 7.05 Å². The lowest BCUT2D eigenvalue weighted by atomic mass is 10.2. The molecule has 2 aliphatic rings. The van der Waals surface area contributed by atoms with E-state index in [9.17, 15) is 0 Å². The van der Waals surface area contributed by atoms with Crippen LogP contribution < -0.4 is 15.5 Å². The van der Waals surface area contributed by atoms with Crippen LogP contribution in [0.2, 0.25) is 0 Å². The number of nitrogens with one attached hydrogen (secondary N) is 2. The van der Waals surface area contributed by atoms with Crippen LogP contribution in [0.3, 0.4) is 0 Å². The molecule has 2 unspecified atom stereocenters. The fourth-order valence-corrected chi connectivity index (χ4v) is 5.68. The highest BCUT2D eigenvalue weighted by Gasteiger charge is 2.25. The standard InChI is InChI=1S/C18H31N5S2/c1-3-24-16-7-6-14(12-16)21-17(19-2)20-9-8-15-13-25-18(22-15)23-10-4-5-11-23/h13-14,16H,3-12H2,1-2H3,(H2,19,20,21). The summed E-state index contributed by atoms with van der Waals surface area (Å²) in [6.07, 6.45) is 7.39. The van der Waals surface area contributed by atoms with Crippen LogP contribution in [-0.4, -0.2) is 54.7 Å². The van der Waals surface area contributed by atoms with E-state index in [2.05, 4.69) is 44.6 Å². The Labute approximate surface area is 160 Å². The summed E-state index contributed by atoms with van der Waals surface area (Å²) < 4.78 is 0. The molecule has 1 aliphatic heterocycles. The van der Waals surface area contributed by atoms with E-state index < -0.39 is 0 Å². The van der Waals surface area contributed by atoms with Crippen molar-refractivity contribution in [2.75, 3.05) is 37.3 Å². The molecule has 1 aromatic heterocycles. The maximum atomic E-state index is 4.79. The highest BCUT2D eigenvalue weighted by Crippen LogP contribution is 2.29. The van der Waals surface area contributed by atoms with Crippen LogP contribution in [0.15, 0.2) is 10.4 Å². The number of thiazole rings is 1. The van der Waals surface area contributed by atoms with E-state index >= 15 is 0 Å². The third-order valence-electron chi connectivity index (χ3n) is 4.94. The first-order valence-electron chi connectivity index (χ1n) is 9.56. The van der Waals surface area contributed by atoms with Crippen molar-refractivity contribution in [3.8, 4) is 0 Å². The molecule has 1 aliphatic carbocycles. The summed E-state index contributed by atoms with van der Waals surface area (Å²) in [5.74, 6) is 2.15. The molecule has 0 radical (unpaired) electrons. The number of rotatable bonds is 7. The zero-order valence-electron chi connectivity index (χ0n) is 15.5. The number of aromatic nitrogens is 1. The molecule has 7 heteroatoms. The van der Waals surface area contributed by atoms with Crippen molar-refractivity contribution in [3.63, 3.8) is 0 Å². The highest BCUT2D eigenvalue weighted by molar-refractivity contribution is 7.99. The summed E-state index contributed by atoms with van der Waals surface area (Å²) in [7, 11) is 1.86. The van der Waals surface area contributed by atoms with Crippen LogP contribution in [0.1, 0.15) is 44.7 Å². The minimum Gasteiger partial charge on any atom is -0.356 e. The first-order valence-corrected chi connectivity index (χ1v) is 11.5. The minimum absolute atomic E-state index is 0.566. The van der Waals surface area contributed by atoms with Gasteiger partial charge in [-0.1, -0.05) is 6.92 Å². The van der Waals surface area contributed by atoms with Gasteiger partial charge in [-0.25, -0.2) is 4.98 Å². The van der Waals surface area contributed by atoms with Crippen LogP contribution >= 0.6 is 23.1 Å². The normalized spacial score (nSPS) is 24.1. The van der Waals surface area contributed by atoms with Crippen molar-refractivity contribution in [2.45, 2.75) is 56.7 Å². The molecule has 1 aromatic rings. The Morgan fingerprint density at radius 2 is 2.24 bits per heavy atom. The third kappa shape index (κ3) is 5.51. The molecule has 25 heavy (non-hydrogen) atoms. The van der Waals surface area contributed by atoms with Gasteiger partial charge < -0.3 is 15.5 Å². The summed E-state index contributed by atoms with van der Waals surface area (Å²) >= 11 is 3.87. The number of thioether (sulfide) groups is 1. The molecule has 0 bridgehead atoms. The van der Waals surface area contributed by atoms with Crippen molar-refractivity contribution in [2.24, 2.45) is 4.99 Å². The van der Waals surface area contributed by atoms with Crippen molar-refractivity contribution < 1.29 is 0 Å². The lowest BCUT2D eigenvalue weighted by molar-refractivity contribution is 0.614. The Morgan fingerprint density at radius 3 is 3.00 bits per heavy atom. The molecule has 2 atom stereocenters. The highest BCUT2D eigenvalue weighted by atomic mass is 32.2. The number of guanidine groups is 1. The number of hydrogen-bond acceptors (Lipinski definition) is 5. The molecule has 0 aromatic carbocycles. The van der Waals surface area contributed by atoms with Crippen molar-refractivity contribution in [3.05, 3.63) is 11.1 Å². The van der Waals surface area contributed by atoms with Crippen LogP contribution in [0, 0.1) is 0 Å². The van der Waals surface area contributed by atoms with Gasteiger partial charge in [-0.2, -0.15) is 11.8 Å².